The molecule has 1 atom stereocenters. The Morgan fingerprint density at radius 1 is 1.47 bits per heavy atom. The van der Waals surface area contributed by atoms with E-state index in [1.807, 2.05) is 6.92 Å². The minimum atomic E-state index is -1.03. The summed E-state index contributed by atoms with van der Waals surface area (Å²) >= 11 is 9.18. The van der Waals surface area contributed by atoms with Crippen molar-refractivity contribution in [3.05, 3.63) is 33.3 Å². The van der Waals surface area contributed by atoms with Crippen LogP contribution >= 0.6 is 27.5 Å². The van der Waals surface area contributed by atoms with Gasteiger partial charge in [0.25, 0.3) is 5.91 Å². The van der Waals surface area contributed by atoms with Crippen LogP contribution in [0.5, 0.6) is 0 Å². The first-order valence-corrected chi connectivity index (χ1v) is 7.11. The number of halogens is 2. The lowest BCUT2D eigenvalue weighted by Crippen LogP contribution is -2.40. The molecule has 0 saturated carbocycles. The molecule has 0 aliphatic carbocycles. The second-order valence-corrected chi connectivity index (χ2v) is 5.45. The first-order chi connectivity index (χ1) is 8.95. The standard InChI is InChI=1S/C13H15BrClNO3/c1-2-3-4-11(13(18)19)16-12(17)9-7-8(14)5-6-10(9)15/h5-7,11H,2-4H2,1H3,(H,16,17)(H,18,19). The van der Waals surface area contributed by atoms with E-state index in [1.165, 1.54) is 0 Å². The number of aliphatic carboxylic acids is 1. The molecule has 1 rings (SSSR count). The van der Waals surface area contributed by atoms with Crippen molar-refractivity contribution in [3.8, 4) is 0 Å². The van der Waals surface area contributed by atoms with E-state index in [4.69, 9.17) is 16.7 Å². The third-order valence-corrected chi connectivity index (χ3v) is 3.45. The van der Waals surface area contributed by atoms with Gasteiger partial charge in [-0.25, -0.2) is 4.79 Å². The smallest absolute Gasteiger partial charge is 0.326 e. The van der Waals surface area contributed by atoms with Crippen LogP contribution in [0.3, 0.4) is 0 Å². The van der Waals surface area contributed by atoms with Crippen molar-refractivity contribution in [2.24, 2.45) is 0 Å². The maximum absolute atomic E-state index is 12.0. The first-order valence-electron chi connectivity index (χ1n) is 5.94. The average molecular weight is 349 g/mol. The topological polar surface area (TPSA) is 66.4 Å². The van der Waals surface area contributed by atoms with Gasteiger partial charge in [0.15, 0.2) is 0 Å². The molecular formula is C13H15BrClNO3. The highest BCUT2D eigenvalue weighted by Crippen LogP contribution is 2.21. The van der Waals surface area contributed by atoms with Crippen LogP contribution in [0.25, 0.3) is 0 Å². The molecule has 0 saturated heterocycles. The van der Waals surface area contributed by atoms with Crippen LogP contribution in [0.15, 0.2) is 22.7 Å². The first kappa shape index (κ1) is 16.0. The van der Waals surface area contributed by atoms with Crippen LogP contribution in [-0.4, -0.2) is 23.0 Å². The molecule has 0 heterocycles. The Labute approximate surface area is 125 Å². The molecule has 0 aliphatic rings. The van der Waals surface area contributed by atoms with Gasteiger partial charge in [-0.2, -0.15) is 0 Å². The lowest BCUT2D eigenvalue weighted by Gasteiger charge is -2.14. The summed E-state index contributed by atoms with van der Waals surface area (Å²) in [7, 11) is 0. The number of amides is 1. The molecule has 0 radical (unpaired) electrons. The molecule has 104 valence electrons. The SMILES string of the molecule is CCCCC(NC(=O)c1cc(Br)ccc1Cl)C(=O)O. The lowest BCUT2D eigenvalue weighted by molar-refractivity contribution is -0.139. The van der Waals surface area contributed by atoms with Crippen molar-refractivity contribution in [1.82, 2.24) is 5.32 Å². The van der Waals surface area contributed by atoms with E-state index in [9.17, 15) is 9.59 Å². The van der Waals surface area contributed by atoms with Crippen LogP contribution in [-0.2, 0) is 4.79 Å². The fraction of sp³-hybridized carbons (Fsp3) is 0.385. The predicted molar refractivity (Wildman–Crippen MR) is 77.6 cm³/mol. The van der Waals surface area contributed by atoms with Gasteiger partial charge in [0.05, 0.1) is 10.6 Å². The molecule has 1 unspecified atom stereocenters. The highest BCUT2D eigenvalue weighted by atomic mass is 79.9. The monoisotopic (exact) mass is 347 g/mol. The summed E-state index contributed by atoms with van der Waals surface area (Å²) in [5.41, 5.74) is 0.263. The number of hydrogen-bond acceptors (Lipinski definition) is 2. The highest BCUT2D eigenvalue weighted by Gasteiger charge is 2.21. The third kappa shape index (κ3) is 4.84. The number of carbonyl (C=O) groups excluding carboxylic acids is 1. The number of carboxylic acids is 1. The van der Waals surface area contributed by atoms with Gasteiger partial charge in [0.1, 0.15) is 6.04 Å². The molecule has 4 nitrogen and oxygen atoms in total. The second-order valence-electron chi connectivity index (χ2n) is 4.13. The van der Waals surface area contributed by atoms with E-state index in [1.54, 1.807) is 18.2 Å². The summed E-state index contributed by atoms with van der Waals surface area (Å²) < 4.78 is 0.711. The minimum Gasteiger partial charge on any atom is -0.480 e. The second kappa shape index (κ2) is 7.50. The van der Waals surface area contributed by atoms with E-state index in [2.05, 4.69) is 21.2 Å². The maximum atomic E-state index is 12.0. The van der Waals surface area contributed by atoms with Gasteiger partial charge in [0.2, 0.25) is 0 Å². The molecule has 1 aromatic carbocycles. The quantitative estimate of drug-likeness (QED) is 0.827. The maximum Gasteiger partial charge on any atom is 0.326 e. The van der Waals surface area contributed by atoms with E-state index in [0.717, 1.165) is 12.8 Å². The van der Waals surface area contributed by atoms with Crippen LogP contribution in [0.4, 0.5) is 0 Å². The van der Waals surface area contributed by atoms with Crippen molar-refractivity contribution in [2.75, 3.05) is 0 Å². The van der Waals surface area contributed by atoms with Crippen molar-refractivity contribution < 1.29 is 14.7 Å². The fourth-order valence-electron chi connectivity index (χ4n) is 1.57. The lowest BCUT2D eigenvalue weighted by atomic mass is 10.1. The van der Waals surface area contributed by atoms with Crippen LogP contribution in [0.1, 0.15) is 36.5 Å². The Bertz CT molecular complexity index is 479. The largest absolute Gasteiger partial charge is 0.480 e. The van der Waals surface area contributed by atoms with Crippen LogP contribution in [0, 0.1) is 0 Å². The molecule has 0 fully saturated rings. The molecule has 6 heteroatoms. The van der Waals surface area contributed by atoms with E-state index < -0.39 is 17.9 Å². The molecule has 1 amide bonds. The number of hydrogen-bond donors (Lipinski definition) is 2. The van der Waals surface area contributed by atoms with E-state index in [0.29, 0.717) is 15.9 Å². The zero-order valence-electron chi connectivity index (χ0n) is 10.5. The van der Waals surface area contributed by atoms with Crippen LogP contribution in [0.2, 0.25) is 5.02 Å². The molecule has 1 aromatic rings. The molecule has 0 spiro atoms. The van der Waals surface area contributed by atoms with Gasteiger partial charge in [-0.1, -0.05) is 47.3 Å². The average Bonchev–Trinajstić information content (AvgIpc) is 2.36. The van der Waals surface area contributed by atoms with Gasteiger partial charge in [-0.15, -0.1) is 0 Å². The summed E-state index contributed by atoms with van der Waals surface area (Å²) in [6.45, 7) is 1.96. The number of benzene rings is 1. The number of unbranched alkanes of at least 4 members (excludes halogenated alkanes) is 1. The number of nitrogens with one attached hydrogen (secondary N) is 1. The van der Waals surface area contributed by atoms with Gasteiger partial charge in [-0.3, -0.25) is 4.79 Å². The van der Waals surface area contributed by atoms with Crippen LogP contribution < -0.4 is 5.32 Å². The summed E-state index contributed by atoms with van der Waals surface area (Å²) in [6.07, 6.45) is 2.02. The van der Waals surface area contributed by atoms with Crippen molar-refractivity contribution in [3.63, 3.8) is 0 Å². The predicted octanol–water partition coefficient (Wildman–Crippen LogP) is 3.48. The Balaban J connectivity index is 2.81. The van der Waals surface area contributed by atoms with Gasteiger partial charge in [-0.05, 0) is 24.6 Å². The molecule has 0 aliphatic heterocycles. The van der Waals surface area contributed by atoms with Crippen molar-refractivity contribution in [2.45, 2.75) is 32.2 Å². The molecule has 0 bridgehead atoms. The van der Waals surface area contributed by atoms with Gasteiger partial charge >= 0.3 is 5.97 Å². The van der Waals surface area contributed by atoms with Crippen molar-refractivity contribution in [1.29, 1.82) is 0 Å². The molecular weight excluding hydrogens is 334 g/mol. The number of carbonyl (C=O) groups is 2. The summed E-state index contributed by atoms with van der Waals surface area (Å²) in [5.74, 6) is -1.51. The van der Waals surface area contributed by atoms with Crippen molar-refractivity contribution >= 4 is 39.4 Å². The Morgan fingerprint density at radius 3 is 2.74 bits per heavy atom. The zero-order chi connectivity index (χ0) is 14.4. The fourth-order valence-corrected chi connectivity index (χ4v) is 2.14. The summed E-state index contributed by atoms with van der Waals surface area (Å²) in [5, 5.41) is 11.8. The van der Waals surface area contributed by atoms with E-state index in [-0.39, 0.29) is 5.56 Å². The molecule has 2 N–H and O–H groups in total. The van der Waals surface area contributed by atoms with Gasteiger partial charge in [0, 0.05) is 4.47 Å². The third-order valence-electron chi connectivity index (χ3n) is 2.62. The Hall–Kier alpha value is -1.07. The number of rotatable bonds is 6. The summed E-state index contributed by atoms with van der Waals surface area (Å²) in [6, 6.07) is 3.98. The molecule has 0 aromatic heterocycles. The minimum absolute atomic E-state index is 0.263. The summed E-state index contributed by atoms with van der Waals surface area (Å²) in [4.78, 5) is 23.1. The zero-order valence-corrected chi connectivity index (χ0v) is 12.8. The number of carboxylic acid groups (broad SMARTS) is 1. The molecule has 19 heavy (non-hydrogen) atoms. The Kier molecular flexibility index (Phi) is 6.31. The Morgan fingerprint density at radius 2 is 2.16 bits per heavy atom. The van der Waals surface area contributed by atoms with E-state index >= 15 is 0 Å². The normalized spacial score (nSPS) is 11.9. The highest BCUT2D eigenvalue weighted by molar-refractivity contribution is 9.10. The van der Waals surface area contributed by atoms with Gasteiger partial charge < -0.3 is 10.4 Å².